The van der Waals surface area contributed by atoms with Gasteiger partial charge in [-0.1, -0.05) is 166 Å². The highest BCUT2D eigenvalue weighted by Gasteiger charge is 2.19. The number of aliphatic hydroxyl groups is 2. The standard InChI is InChI=1S/C29H60N4O4.C25H52N4O4.C22H50N4O2.C22H48N2O6/c1-28(2,3)14-11-24-36-26(34)12-7-9-16-30-18-20-32-22-23-33-21-19-31-17-10-8-13-27(35)37-25-15-29(4,5)6;1-24(2,3)20-32-22(30)10-7-8-12-26-14-16-28-18-19-29-17-15-27-13-9-11-23(31)33-21-25(4,5)6;1-21(2,3)19-27-17-7-9-23-11-13-25-15-16-26-14-12-24-10-8-18-28-20-22(4,5)6;1-21(2,3)17-29-15-19(25)13-23-7-9-27-11-12-28-10-8-24-14-20(26)16-30-18-22(4,5)6/h30-33H,7-25H2,1-6H3;26-29H,7-21H2,1-6H3;23-26H,7-20H2,1-6H3;19-20,23-26H,7-18H2,1-6H3. The zero-order chi connectivity index (χ0) is 96.9. The van der Waals surface area contributed by atoms with E-state index in [0.29, 0.717) is 137 Å². The Morgan fingerprint density at radius 1 is 0.203 bits per heavy atom. The smallest absolute Gasteiger partial charge is 0.305 e. The van der Waals surface area contributed by atoms with Gasteiger partial charge in [-0.3, -0.25) is 19.2 Å². The van der Waals surface area contributed by atoms with Crippen LogP contribution in [0.25, 0.3) is 0 Å². The molecule has 0 aliphatic carbocycles. The van der Waals surface area contributed by atoms with E-state index < -0.39 is 12.2 Å². The lowest BCUT2D eigenvalue weighted by atomic mass is 9.91. The Kier molecular flexibility index (Phi) is 89.0. The Labute approximate surface area is 784 Å². The molecule has 0 aliphatic heterocycles. The van der Waals surface area contributed by atoms with E-state index in [1.807, 2.05) is 0 Å². The summed E-state index contributed by atoms with van der Waals surface area (Å²) in [4.78, 5) is 46.7. The second-order valence-corrected chi connectivity index (χ2v) is 43.4. The second kappa shape index (κ2) is 86.8. The Morgan fingerprint density at radius 2 is 0.445 bits per heavy atom. The number of ether oxygens (including phenoxy) is 10. The molecule has 2 atom stereocenters. The average Bonchev–Trinajstić information content (AvgIpc) is 0.970. The Morgan fingerprint density at radius 3 is 0.727 bits per heavy atom. The molecule has 0 saturated heterocycles. The largest absolute Gasteiger partial charge is 0.466 e. The number of unbranched alkanes of at least 4 members (excludes halogenated alkanes) is 3. The van der Waals surface area contributed by atoms with Gasteiger partial charge in [-0.25, -0.2) is 0 Å². The first kappa shape index (κ1) is 131. The van der Waals surface area contributed by atoms with Gasteiger partial charge in [0.2, 0.25) is 0 Å². The molecule has 0 fully saturated rings. The molecule has 30 nitrogen and oxygen atoms in total. The summed E-state index contributed by atoms with van der Waals surface area (Å²) in [6, 6.07) is 0. The van der Waals surface area contributed by atoms with Crippen molar-refractivity contribution in [2.24, 2.45) is 43.3 Å². The molecule has 2 unspecified atom stereocenters. The van der Waals surface area contributed by atoms with Gasteiger partial charge in [0, 0.05) is 183 Å². The summed E-state index contributed by atoms with van der Waals surface area (Å²) in [7, 11) is 0. The minimum absolute atomic E-state index is 0.0231. The normalized spacial score (nSPS) is 12.8. The maximum absolute atomic E-state index is 11.7. The van der Waals surface area contributed by atoms with Crippen molar-refractivity contribution in [3.8, 4) is 0 Å². The molecule has 128 heavy (non-hydrogen) atoms. The highest BCUT2D eigenvalue weighted by Crippen LogP contribution is 2.22. The molecule has 0 saturated carbocycles. The van der Waals surface area contributed by atoms with Crippen molar-refractivity contribution in [2.75, 3.05) is 289 Å². The molecule has 30 heteroatoms. The third-order valence-corrected chi connectivity index (χ3v) is 17.8. The summed E-state index contributed by atoms with van der Waals surface area (Å²) in [5.74, 6) is -0.345. The van der Waals surface area contributed by atoms with E-state index in [1.165, 1.54) is 0 Å². The van der Waals surface area contributed by atoms with Gasteiger partial charge in [-0.15, -0.1) is 0 Å². The topological polar surface area (TPSA) is 369 Å². The van der Waals surface area contributed by atoms with E-state index in [-0.39, 0.29) is 61.8 Å². The number of esters is 4. The molecule has 0 amide bonds. The molecule has 16 N–H and O–H groups in total. The first-order valence-corrected chi connectivity index (χ1v) is 49.5. The molecule has 0 spiro atoms. The van der Waals surface area contributed by atoms with E-state index in [1.54, 1.807) is 0 Å². The van der Waals surface area contributed by atoms with Crippen LogP contribution in [0.4, 0.5) is 0 Å². The zero-order valence-electron chi connectivity index (χ0n) is 87.2. The molecule has 0 bridgehead atoms. The van der Waals surface area contributed by atoms with Crippen LogP contribution in [-0.2, 0) is 66.5 Å². The Hall–Kier alpha value is -3.00. The quantitative estimate of drug-likeness (QED) is 0.0153. The number of carbonyl (C=O) groups is 4. The Balaban J connectivity index is -0.000000805. The highest BCUT2D eigenvalue weighted by molar-refractivity contribution is 5.70. The van der Waals surface area contributed by atoms with Crippen molar-refractivity contribution in [3.05, 3.63) is 0 Å². The number of nitrogens with one attached hydrogen (secondary N) is 14. The van der Waals surface area contributed by atoms with Crippen molar-refractivity contribution >= 4 is 23.9 Å². The number of hydrogen-bond donors (Lipinski definition) is 16. The van der Waals surface area contributed by atoms with Crippen molar-refractivity contribution < 1.29 is 76.8 Å². The van der Waals surface area contributed by atoms with Crippen LogP contribution < -0.4 is 74.4 Å². The minimum Gasteiger partial charge on any atom is -0.466 e. The monoisotopic (exact) mass is 1840 g/mol. The number of hydrogen-bond acceptors (Lipinski definition) is 30. The van der Waals surface area contributed by atoms with Crippen LogP contribution in [0, 0.1) is 43.3 Å². The van der Waals surface area contributed by atoms with E-state index in [4.69, 9.17) is 47.4 Å². The van der Waals surface area contributed by atoms with Crippen molar-refractivity contribution in [3.63, 3.8) is 0 Å². The van der Waals surface area contributed by atoms with Gasteiger partial charge in [-0.05, 0) is 160 Å². The first-order valence-electron chi connectivity index (χ1n) is 49.5. The van der Waals surface area contributed by atoms with Gasteiger partial charge in [0.15, 0.2) is 0 Å². The zero-order valence-corrected chi connectivity index (χ0v) is 87.2. The van der Waals surface area contributed by atoms with Crippen molar-refractivity contribution in [2.45, 2.75) is 281 Å². The van der Waals surface area contributed by atoms with Gasteiger partial charge in [0.1, 0.15) is 0 Å². The molecule has 0 aromatic rings. The second-order valence-electron chi connectivity index (χ2n) is 43.4. The summed E-state index contributed by atoms with van der Waals surface area (Å²) in [5, 5.41) is 66.9. The molecule has 0 aliphatic rings. The summed E-state index contributed by atoms with van der Waals surface area (Å²) in [5.41, 5.74) is 1.31. The Bertz CT molecular complexity index is 2300. The SMILES string of the molecule is CC(C)(C)CCCOC(=O)CCCCNCCNCCNCCNCCCCC(=O)OCCC(C)(C)C.CC(C)(C)COC(=O)CCCCNCCNCCNCCNCCCC(=O)OCC(C)(C)C.CC(C)(C)COCC(O)CNCCOCCOCCNCC(O)COCC(C)(C)C.CC(C)(C)COCCCNCCNCCNCCNCCCOCC(C)(C)C. The lowest BCUT2D eigenvalue weighted by Gasteiger charge is -2.20. The summed E-state index contributed by atoms with van der Waals surface area (Å²) in [6.07, 6.45) is 12.4. The number of rotatable bonds is 82. The van der Waals surface area contributed by atoms with Crippen LogP contribution in [-0.4, -0.2) is 335 Å². The lowest BCUT2D eigenvalue weighted by Crippen LogP contribution is -2.35. The molecular weight excluding hydrogens is 1630 g/mol. The fourth-order valence-corrected chi connectivity index (χ4v) is 10.8. The molecular formula is C98H210N14O16. The van der Waals surface area contributed by atoms with Crippen LogP contribution in [0.1, 0.15) is 269 Å². The molecule has 0 rings (SSSR count). The van der Waals surface area contributed by atoms with Gasteiger partial charge in [-0.2, -0.15) is 0 Å². The van der Waals surface area contributed by atoms with Crippen LogP contribution in [0.2, 0.25) is 0 Å². The third kappa shape index (κ3) is 129. The molecule has 0 radical (unpaired) electrons. The summed E-state index contributed by atoms with van der Waals surface area (Å²) >= 11 is 0. The molecule has 0 aromatic heterocycles. The van der Waals surface area contributed by atoms with Gasteiger partial charge in [0.25, 0.3) is 0 Å². The molecule has 768 valence electrons. The number of carbonyl (C=O) groups excluding carboxylic acids is 4. The maximum atomic E-state index is 11.7. The van der Waals surface area contributed by atoms with Crippen molar-refractivity contribution in [1.82, 2.24) is 74.4 Å². The number of aliphatic hydroxyl groups excluding tert-OH is 2. The highest BCUT2D eigenvalue weighted by atomic mass is 16.6. The van der Waals surface area contributed by atoms with Crippen LogP contribution in [0.3, 0.4) is 0 Å². The van der Waals surface area contributed by atoms with Crippen molar-refractivity contribution in [1.29, 1.82) is 0 Å². The predicted octanol–water partition coefficient (Wildman–Crippen LogP) is 9.80. The average molecular weight is 1840 g/mol. The maximum Gasteiger partial charge on any atom is 0.305 e. The van der Waals surface area contributed by atoms with Crippen LogP contribution >= 0.6 is 0 Å². The minimum atomic E-state index is -0.508. The van der Waals surface area contributed by atoms with Crippen LogP contribution in [0.5, 0.6) is 0 Å². The van der Waals surface area contributed by atoms with Crippen LogP contribution in [0.15, 0.2) is 0 Å². The third-order valence-electron chi connectivity index (χ3n) is 17.8. The van der Waals surface area contributed by atoms with Gasteiger partial charge >= 0.3 is 23.9 Å². The van der Waals surface area contributed by atoms with E-state index in [0.717, 1.165) is 261 Å². The molecule has 0 heterocycles. The predicted molar refractivity (Wildman–Crippen MR) is 530 cm³/mol. The first-order chi connectivity index (χ1) is 60.2. The summed E-state index contributed by atoms with van der Waals surface area (Å²) in [6.45, 7) is 86.0. The van der Waals surface area contributed by atoms with E-state index in [2.05, 4.69) is 241 Å². The fraction of sp³-hybridized carbons (Fsp3) is 0.959. The lowest BCUT2D eigenvalue weighted by molar-refractivity contribution is -0.147. The van der Waals surface area contributed by atoms with Gasteiger partial charge in [0.05, 0.1) is 105 Å². The summed E-state index contributed by atoms with van der Waals surface area (Å²) < 4.78 is 54.3. The molecule has 0 aromatic carbocycles. The van der Waals surface area contributed by atoms with E-state index >= 15 is 0 Å². The fourth-order valence-electron chi connectivity index (χ4n) is 10.8. The van der Waals surface area contributed by atoms with Gasteiger partial charge < -0.3 is 132 Å². The van der Waals surface area contributed by atoms with E-state index in [9.17, 15) is 29.4 Å².